The molecule has 0 bridgehead atoms. The maximum absolute atomic E-state index is 12.7. The fourth-order valence-corrected chi connectivity index (χ4v) is 4.69. The van der Waals surface area contributed by atoms with Gasteiger partial charge in [-0.1, -0.05) is 38.5 Å². The van der Waals surface area contributed by atoms with Crippen LogP contribution in [-0.4, -0.2) is 46.8 Å². The fourth-order valence-electron chi connectivity index (χ4n) is 4.69. The average molecular weight is 387 g/mol. The highest BCUT2D eigenvalue weighted by Gasteiger charge is 2.43. The summed E-state index contributed by atoms with van der Waals surface area (Å²) in [5.74, 6) is 1.31. The zero-order valence-electron chi connectivity index (χ0n) is 17.7. The number of hydrogen-bond acceptors (Lipinski definition) is 3. The maximum atomic E-state index is 12.7. The second kappa shape index (κ2) is 8.54. The van der Waals surface area contributed by atoms with E-state index in [1.807, 2.05) is 48.0 Å². The number of nitrogens with zero attached hydrogens (tertiary/aromatic N) is 2. The van der Waals surface area contributed by atoms with Gasteiger partial charge in [0.1, 0.15) is 11.4 Å². The Morgan fingerprint density at radius 2 is 1.96 bits per heavy atom. The van der Waals surface area contributed by atoms with Crippen molar-refractivity contribution in [2.24, 2.45) is 5.92 Å². The predicted molar refractivity (Wildman–Crippen MR) is 110 cm³/mol. The average Bonchev–Trinajstić information content (AvgIpc) is 2.84. The minimum Gasteiger partial charge on any atom is -0.485 e. The van der Waals surface area contributed by atoms with Gasteiger partial charge in [-0.05, 0) is 38.2 Å². The molecule has 154 valence electrons. The quantitative estimate of drug-likeness (QED) is 0.786. The molecule has 0 saturated heterocycles. The number of fused-ring (bicyclic) bond motifs is 1. The van der Waals surface area contributed by atoms with Gasteiger partial charge in [-0.2, -0.15) is 0 Å². The molecule has 2 amide bonds. The van der Waals surface area contributed by atoms with E-state index in [0.29, 0.717) is 13.1 Å². The molecule has 2 aliphatic rings. The van der Waals surface area contributed by atoms with Crippen LogP contribution in [0.15, 0.2) is 24.3 Å². The van der Waals surface area contributed by atoms with Gasteiger partial charge < -0.3 is 14.5 Å². The first-order chi connectivity index (χ1) is 13.3. The summed E-state index contributed by atoms with van der Waals surface area (Å²) < 4.78 is 6.54. The third kappa shape index (κ3) is 4.34. The minimum atomic E-state index is -0.353. The van der Waals surface area contributed by atoms with Crippen molar-refractivity contribution in [3.05, 3.63) is 29.8 Å². The summed E-state index contributed by atoms with van der Waals surface area (Å²) in [5.41, 5.74) is 0.714. The van der Waals surface area contributed by atoms with E-state index in [1.54, 1.807) is 6.92 Å². The van der Waals surface area contributed by atoms with Gasteiger partial charge in [-0.3, -0.25) is 9.59 Å². The van der Waals surface area contributed by atoms with Crippen molar-refractivity contribution >= 4 is 11.8 Å². The topological polar surface area (TPSA) is 49.9 Å². The Hall–Kier alpha value is -2.04. The molecule has 1 saturated carbocycles. The molecule has 5 heteroatoms. The Balaban J connectivity index is 1.72. The van der Waals surface area contributed by atoms with Crippen LogP contribution in [0.5, 0.6) is 5.75 Å². The molecule has 1 aromatic carbocycles. The molecule has 28 heavy (non-hydrogen) atoms. The molecule has 0 radical (unpaired) electrons. The predicted octanol–water partition coefficient (Wildman–Crippen LogP) is 4.00. The second-order valence-electron chi connectivity index (χ2n) is 8.64. The third-order valence-corrected chi connectivity index (χ3v) is 6.49. The van der Waals surface area contributed by atoms with Crippen LogP contribution < -0.4 is 4.74 Å². The first kappa shape index (κ1) is 20.7. The van der Waals surface area contributed by atoms with Gasteiger partial charge in [0, 0.05) is 38.0 Å². The van der Waals surface area contributed by atoms with Crippen LogP contribution in [0.2, 0.25) is 0 Å². The van der Waals surface area contributed by atoms with Gasteiger partial charge in [-0.25, -0.2) is 0 Å². The standard InChI is InChI=1S/C23H34N2O3/c1-5-8-17(2)22(27)24(4)20-11-13-23(14-12-20)16-25(18(3)26)15-19-9-6-7-10-21(19)28-23/h6-7,9-10,17,20H,5,8,11-16H2,1-4H3. The van der Waals surface area contributed by atoms with Gasteiger partial charge >= 0.3 is 0 Å². The monoisotopic (exact) mass is 386 g/mol. The molecule has 1 unspecified atom stereocenters. The first-order valence-electron chi connectivity index (χ1n) is 10.6. The number of para-hydroxylation sites is 1. The van der Waals surface area contributed by atoms with Crippen LogP contribution >= 0.6 is 0 Å². The lowest BCUT2D eigenvalue weighted by Crippen LogP contribution is -2.52. The van der Waals surface area contributed by atoms with Gasteiger partial charge in [0.2, 0.25) is 11.8 Å². The number of benzene rings is 1. The Bertz CT molecular complexity index is 710. The van der Waals surface area contributed by atoms with Gasteiger partial charge in [0.15, 0.2) is 0 Å². The maximum Gasteiger partial charge on any atom is 0.225 e. The number of rotatable bonds is 4. The largest absolute Gasteiger partial charge is 0.485 e. The van der Waals surface area contributed by atoms with E-state index in [4.69, 9.17) is 4.74 Å². The smallest absolute Gasteiger partial charge is 0.225 e. The highest BCUT2D eigenvalue weighted by Crippen LogP contribution is 2.39. The summed E-state index contributed by atoms with van der Waals surface area (Å²) in [6.07, 6.45) is 5.51. The Kier molecular flexibility index (Phi) is 6.31. The molecule has 0 aromatic heterocycles. The Labute approximate surface area is 169 Å². The zero-order chi connectivity index (χ0) is 20.3. The van der Waals surface area contributed by atoms with Gasteiger partial charge in [0.05, 0.1) is 6.54 Å². The number of carbonyl (C=O) groups excluding carboxylic acids is 2. The fraction of sp³-hybridized carbons (Fsp3) is 0.652. The lowest BCUT2D eigenvalue weighted by Gasteiger charge is -2.43. The van der Waals surface area contributed by atoms with Crippen LogP contribution in [0.25, 0.3) is 0 Å². The van der Waals surface area contributed by atoms with E-state index in [2.05, 4.69) is 6.92 Å². The van der Waals surface area contributed by atoms with Crippen molar-refractivity contribution in [1.29, 1.82) is 0 Å². The molecule has 1 heterocycles. The Morgan fingerprint density at radius 1 is 1.29 bits per heavy atom. The van der Waals surface area contributed by atoms with Crippen molar-refractivity contribution in [2.75, 3.05) is 13.6 Å². The zero-order valence-corrected chi connectivity index (χ0v) is 17.7. The van der Waals surface area contributed by atoms with E-state index in [-0.39, 0.29) is 29.4 Å². The van der Waals surface area contributed by atoms with Crippen molar-refractivity contribution in [3.8, 4) is 5.75 Å². The van der Waals surface area contributed by atoms with Crippen molar-refractivity contribution < 1.29 is 14.3 Å². The van der Waals surface area contributed by atoms with Crippen molar-refractivity contribution in [3.63, 3.8) is 0 Å². The van der Waals surface area contributed by atoms with Crippen LogP contribution in [-0.2, 0) is 16.1 Å². The highest BCUT2D eigenvalue weighted by molar-refractivity contribution is 5.78. The van der Waals surface area contributed by atoms with Crippen LogP contribution in [0.4, 0.5) is 0 Å². The van der Waals surface area contributed by atoms with Crippen LogP contribution in [0.3, 0.4) is 0 Å². The molecule has 5 nitrogen and oxygen atoms in total. The van der Waals surface area contributed by atoms with Crippen molar-refractivity contribution in [2.45, 2.75) is 77.5 Å². The van der Waals surface area contributed by atoms with E-state index in [0.717, 1.165) is 49.8 Å². The van der Waals surface area contributed by atoms with Crippen molar-refractivity contribution in [1.82, 2.24) is 9.80 Å². The SMILES string of the molecule is CCCC(C)C(=O)N(C)C1CCC2(CC1)CN(C(C)=O)Cc1ccccc1O2. The molecule has 3 rings (SSSR count). The highest BCUT2D eigenvalue weighted by atomic mass is 16.5. The Morgan fingerprint density at radius 3 is 2.61 bits per heavy atom. The number of carbonyl (C=O) groups is 2. The van der Waals surface area contributed by atoms with Crippen LogP contribution in [0.1, 0.15) is 64.9 Å². The van der Waals surface area contributed by atoms with E-state index < -0.39 is 0 Å². The van der Waals surface area contributed by atoms with Gasteiger partial charge in [0.25, 0.3) is 0 Å². The van der Waals surface area contributed by atoms with E-state index >= 15 is 0 Å². The lowest BCUT2D eigenvalue weighted by atomic mass is 9.80. The summed E-state index contributed by atoms with van der Waals surface area (Å²) in [7, 11) is 1.95. The second-order valence-corrected chi connectivity index (χ2v) is 8.64. The molecule has 1 atom stereocenters. The molecule has 1 spiro atoms. The van der Waals surface area contributed by atoms with E-state index in [9.17, 15) is 9.59 Å². The number of ether oxygens (including phenoxy) is 1. The summed E-state index contributed by atoms with van der Waals surface area (Å²) in [6.45, 7) is 7.00. The van der Waals surface area contributed by atoms with Gasteiger partial charge in [-0.15, -0.1) is 0 Å². The number of amides is 2. The lowest BCUT2D eigenvalue weighted by molar-refractivity contribution is -0.138. The van der Waals surface area contributed by atoms with Crippen LogP contribution in [0, 0.1) is 5.92 Å². The number of hydrogen-bond donors (Lipinski definition) is 0. The molecule has 1 aliphatic heterocycles. The molecule has 1 fully saturated rings. The molecular formula is C23H34N2O3. The minimum absolute atomic E-state index is 0.0834. The molecular weight excluding hydrogens is 352 g/mol. The summed E-state index contributed by atoms with van der Waals surface area (Å²) >= 11 is 0. The summed E-state index contributed by atoms with van der Waals surface area (Å²) in [5, 5.41) is 0. The molecule has 0 N–H and O–H groups in total. The summed E-state index contributed by atoms with van der Waals surface area (Å²) in [4.78, 5) is 28.8. The van der Waals surface area contributed by atoms with E-state index in [1.165, 1.54) is 0 Å². The first-order valence-corrected chi connectivity index (χ1v) is 10.6. The summed E-state index contributed by atoms with van der Waals surface area (Å²) in [6, 6.07) is 8.29. The third-order valence-electron chi connectivity index (χ3n) is 6.49. The normalized spacial score (nSPS) is 25.4. The molecule has 1 aliphatic carbocycles. The molecule has 1 aromatic rings.